The monoisotopic (exact) mass is 458 g/mol. The van der Waals surface area contributed by atoms with Crippen molar-refractivity contribution in [2.75, 3.05) is 24.4 Å². The van der Waals surface area contributed by atoms with Gasteiger partial charge in [0.2, 0.25) is 5.91 Å². The van der Waals surface area contributed by atoms with E-state index in [1.165, 1.54) is 7.11 Å². The second-order valence-corrected chi connectivity index (χ2v) is 7.34. The van der Waals surface area contributed by atoms with E-state index in [1.54, 1.807) is 30.3 Å². The highest BCUT2D eigenvalue weighted by Gasteiger charge is 2.24. The fraction of sp³-hybridized carbons (Fsp3) is 0.261. The van der Waals surface area contributed by atoms with Gasteiger partial charge in [0, 0.05) is 13.5 Å². The number of nitrogens with zero attached hydrogens (tertiary/aromatic N) is 2. The lowest BCUT2D eigenvalue weighted by Crippen LogP contribution is -2.41. The van der Waals surface area contributed by atoms with Gasteiger partial charge in [-0.25, -0.2) is 13.6 Å². The first-order chi connectivity index (χ1) is 15.8. The molecule has 0 aliphatic rings. The van der Waals surface area contributed by atoms with Crippen molar-refractivity contribution in [1.82, 2.24) is 9.55 Å². The molecule has 8 nitrogen and oxygen atoms in total. The maximum Gasteiger partial charge on any atom is 0.330 e. The first-order valence-electron chi connectivity index (χ1n) is 10.2. The summed E-state index contributed by atoms with van der Waals surface area (Å²) in [7, 11) is 1.45. The van der Waals surface area contributed by atoms with E-state index >= 15 is 0 Å². The molecule has 0 aliphatic carbocycles. The number of ether oxygens (including phenoxy) is 1. The van der Waals surface area contributed by atoms with E-state index in [4.69, 9.17) is 10.5 Å². The summed E-state index contributed by atoms with van der Waals surface area (Å²) in [6.45, 7) is 0.203. The Labute approximate surface area is 188 Å². The van der Waals surface area contributed by atoms with Gasteiger partial charge < -0.3 is 15.4 Å². The zero-order chi connectivity index (χ0) is 24.0. The standard InChI is InChI=1S/C23H24F2N4O4/c1-33-12-11-28-21(26)20(22(31)27-23(28)32)29(14-15-5-3-2-4-6-15)19(30)10-7-16-13-17(24)8-9-18(16)25/h2-6,8-9,13H,7,10-12,14,26H2,1H3,(H,27,31,32). The number of anilines is 2. The minimum Gasteiger partial charge on any atom is -0.383 e. The number of carbonyl (C=O) groups is 1. The van der Waals surface area contributed by atoms with Crippen LogP contribution < -0.4 is 21.9 Å². The van der Waals surface area contributed by atoms with E-state index < -0.39 is 28.8 Å². The molecule has 0 bridgehead atoms. The van der Waals surface area contributed by atoms with Crippen LogP contribution in [0.1, 0.15) is 17.5 Å². The molecular weight excluding hydrogens is 434 g/mol. The molecule has 3 N–H and O–H groups in total. The van der Waals surface area contributed by atoms with Gasteiger partial charge in [0.05, 0.1) is 19.7 Å². The van der Waals surface area contributed by atoms with Gasteiger partial charge >= 0.3 is 5.69 Å². The molecule has 3 aromatic rings. The van der Waals surface area contributed by atoms with Gasteiger partial charge in [-0.3, -0.25) is 19.1 Å². The van der Waals surface area contributed by atoms with Crippen LogP contribution in [-0.4, -0.2) is 29.2 Å². The molecule has 2 aromatic carbocycles. The molecule has 174 valence electrons. The second-order valence-electron chi connectivity index (χ2n) is 7.34. The molecule has 0 fully saturated rings. The van der Waals surface area contributed by atoms with Gasteiger partial charge in [-0.15, -0.1) is 0 Å². The highest BCUT2D eigenvalue weighted by Crippen LogP contribution is 2.22. The smallest absolute Gasteiger partial charge is 0.330 e. The predicted octanol–water partition coefficient (Wildman–Crippen LogP) is 2.21. The third-order valence-electron chi connectivity index (χ3n) is 5.10. The Morgan fingerprint density at radius 1 is 1.15 bits per heavy atom. The average Bonchev–Trinajstić information content (AvgIpc) is 2.79. The van der Waals surface area contributed by atoms with Gasteiger partial charge in [0.1, 0.15) is 17.5 Å². The summed E-state index contributed by atoms with van der Waals surface area (Å²) in [5, 5.41) is 0. The summed E-state index contributed by atoms with van der Waals surface area (Å²) in [6, 6.07) is 11.9. The lowest BCUT2D eigenvalue weighted by atomic mass is 10.1. The largest absolute Gasteiger partial charge is 0.383 e. The zero-order valence-corrected chi connectivity index (χ0v) is 18.0. The first-order valence-corrected chi connectivity index (χ1v) is 10.2. The number of carbonyl (C=O) groups excluding carboxylic acids is 1. The summed E-state index contributed by atoms with van der Waals surface area (Å²) >= 11 is 0. The van der Waals surface area contributed by atoms with Crippen molar-refractivity contribution in [3.63, 3.8) is 0 Å². The Hall–Kier alpha value is -3.79. The van der Waals surface area contributed by atoms with Crippen LogP contribution in [0.15, 0.2) is 58.1 Å². The van der Waals surface area contributed by atoms with E-state index in [0.717, 1.165) is 27.7 Å². The molecule has 0 saturated heterocycles. The van der Waals surface area contributed by atoms with Crippen molar-refractivity contribution in [1.29, 1.82) is 0 Å². The highest BCUT2D eigenvalue weighted by molar-refractivity contribution is 5.95. The van der Waals surface area contributed by atoms with E-state index in [2.05, 4.69) is 4.98 Å². The van der Waals surface area contributed by atoms with Crippen molar-refractivity contribution in [3.05, 3.63) is 92.1 Å². The third-order valence-corrected chi connectivity index (χ3v) is 5.10. The number of halogens is 2. The minimum absolute atomic E-state index is 0.0128. The Kier molecular flexibility index (Phi) is 7.73. The quantitative estimate of drug-likeness (QED) is 0.511. The molecule has 0 aliphatic heterocycles. The Bertz CT molecular complexity index is 1240. The number of amides is 1. The molecule has 0 saturated carbocycles. The van der Waals surface area contributed by atoms with Crippen LogP contribution in [0.5, 0.6) is 0 Å². The molecule has 1 aromatic heterocycles. The number of nitrogens with one attached hydrogen (secondary N) is 1. The van der Waals surface area contributed by atoms with Crippen LogP contribution >= 0.6 is 0 Å². The zero-order valence-electron chi connectivity index (χ0n) is 18.0. The van der Waals surface area contributed by atoms with Crippen LogP contribution in [0, 0.1) is 11.6 Å². The number of aromatic nitrogens is 2. The topological polar surface area (TPSA) is 110 Å². The molecule has 0 unspecified atom stereocenters. The fourth-order valence-electron chi connectivity index (χ4n) is 3.41. The van der Waals surface area contributed by atoms with Crippen LogP contribution in [-0.2, 0) is 29.0 Å². The Morgan fingerprint density at radius 3 is 2.58 bits per heavy atom. The predicted molar refractivity (Wildman–Crippen MR) is 120 cm³/mol. The number of nitrogens with two attached hydrogens (primary N) is 1. The SMILES string of the molecule is COCCn1c(N)c(N(Cc2ccccc2)C(=O)CCc2cc(F)ccc2F)c(=O)[nH]c1=O. The molecule has 0 atom stereocenters. The normalized spacial score (nSPS) is 10.9. The molecule has 0 spiro atoms. The van der Waals surface area contributed by atoms with E-state index in [-0.39, 0.29) is 49.6 Å². The number of aromatic amines is 1. The summed E-state index contributed by atoms with van der Waals surface area (Å²) in [5.41, 5.74) is 5.14. The van der Waals surface area contributed by atoms with Crippen LogP contribution in [0.2, 0.25) is 0 Å². The van der Waals surface area contributed by atoms with Crippen molar-refractivity contribution < 1.29 is 18.3 Å². The number of H-pyrrole nitrogens is 1. The molecule has 3 rings (SSSR count). The number of benzene rings is 2. The van der Waals surface area contributed by atoms with Gasteiger partial charge in [-0.2, -0.15) is 0 Å². The lowest BCUT2D eigenvalue weighted by molar-refractivity contribution is -0.118. The minimum atomic E-state index is -0.826. The van der Waals surface area contributed by atoms with Crippen molar-refractivity contribution in [2.24, 2.45) is 0 Å². The maximum atomic E-state index is 14.0. The number of methoxy groups -OCH3 is 1. The second kappa shape index (κ2) is 10.7. The van der Waals surface area contributed by atoms with Gasteiger partial charge in [-0.1, -0.05) is 30.3 Å². The van der Waals surface area contributed by atoms with E-state index in [0.29, 0.717) is 5.56 Å². The maximum absolute atomic E-state index is 14.0. The van der Waals surface area contributed by atoms with Gasteiger partial charge in [0.25, 0.3) is 5.56 Å². The molecule has 10 heteroatoms. The Balaban J connectivity index is 1.99. The third kappa shape index (κ3) is 5.72. The molecule has 1 heterocycles. The number of aryl methyl sites for hydroxylation is 1. The summed E-state index contributed by atoms with van der Waals surface area (Å²) in [4.78, 5) is 41.5. The molecule has 33 heavy (non-hydrogen) atoms. The fourth-order valence-corrected chi connectivity index (χ4v) is 3.41. The van der Waals surface area contributed by atoms with Gasteiger partial charge in [0.15, 0.2) is 5.69 Å². The first kappa shape index (κ1) is 23.9. The van der Waals surface area contributed by atoms with E-state index in [9.17, 15) is 23.2 Å². The van der Waals surface area contributed by atoms with Crippen molar-refractivity contribution in [2.45, 2.75) is 25.9 Å². The van der Waals surface area contributed by atoms with Crippen molar-refractivity contribution >= 4 is 17.4 Å². The Morgan fingerprint density at radius 2 is 1.88 bits per heavy atom. The van der Waals surface area contributed by atoms with Crippen molar-refractivity contribution in [3.8, 4) is 0 Å². The van der Waals surface area contributed by atoms with Crippen LogP contribution in [0.4, 0.5) is 20.3 Å². The number of hydrogen-bond donors (Lipinski definition) is 2. The number of hydrogen-bond acceptors (Lipinski definition) is 5. The van der Waals surface area contributed by atoms with E-state index in [1.807, 2.05) is 0 Å². The molecular formula is C23H24F2N4O4. The van der Waals surface area contributed by atoms with Crippen LogP contribution in [0.3, 0.4) is 0 Å². The molecule has 0 radical (unpaired) electrons. The summed E-state index contributed by atoms with van der Waals surface area (Å²) in [5.74, 6) is -1.99. The highest BCUT2D eigenvalue weighted by atomic mass is 19.1. The average molecular weight is 458 g/mol. The summed E-state index contributed by atoms with van der Waals surface area (Å²) < 4.78 is 33.6. The summed E-state index contributed by atoms with van der Waals surface area (Å²) in [6.07, 6.45) is -0.307. The number of nitrogen functional groups attached to an aromatic ring is 1. The lowest BCUT2D eigenvalue weighted by Gasteiger charge is -2.25. The number of rotatable bonds is 9. The van der Waals surface area contributed by atoms with Crippen LogP contribution in [0.25, 0.3) is 0 Å². The van der Waals surface area contributed by atoms with Gasteiger partial charge in [-0.05, 0) is 35.7 Å². The molecule has 1 amide bonds.